The van der Waals surface area contributed by atoms with Crippen molar-refractivity contribution in [3.8, 4) is 0 Å². The molecule has 134 valence electrons. The summed E-state index contributed by atoms with van der Waals surface area (Å²) < 4.78 is 0. The van der Waals surface area contributed by atoms with Gasteiger partial charge in [0.1, 0.15) is 0 Å². The van der Waals surface area contributed by atoms with Gasteiger partial charge in [0.05, 0.1) is 6.04 Å². The molecule has 1 aromatic rings. The van der Waals surface area contributed by atoms with Crippen LogP contribution in [0.15, 0.2) is 30.3 Å². The van der Waals surface area contributed by atoms with Crippen molar-refractivity contribution in [2.45, 2.75) is 65.2 Å². The first-order valence-electron chi connectivity index (χ1n) is 9.00. The van der Waals surface area contributed by atoms with Gasteiger partial charge < -0.3 is 10.6 Å². The summed E-state index contributed by atoms with van der Waals surface area (Å²) in [5.74, 6) is 0.0659. The van der Waals surface area contributed by atoms with Crippen LogP contribution in [0.4, 0.5) is 0 Å². The summed E-state index contributed by atoms with van der Waals surface area (Å²) in [6, 6.07) is 10.9. The van der Waals surface area contributed by atoms with E-state index >= 15 is 0 Å². The van der Waals surface area contributed by atoms with E-state index < -0.39 is 6.04 Å². The first-order chi connectivity index (χ1) is 11.2. The van der Waals surface area contributed by atoms with Crippen LogP contribution in [-0.4, -0.2) is 47.4 Å². The fourth-order valence-corrected chi connectivity index (χ4v) is 3.37. The quantitative estimate of drug-likeness (QED) is 0.923. The highest BCUT2D eigenvalue weighted by molar-refractivity contribution is 5.82. The van der Waals surface area contributed by atoms with E-state index in [2.05, 4.69) is 42.2 Å². The van der Waals surface area contributed by atoms with Crippen molar-refractivity contribution in [2.75, 3.05) is 13.6 Å². The zero-order valence-electron chi connectivity index (χ0n) is 15.8. The fraction of sp³-hybridized carbons (Fsp3) is 0.650. The van der Waals surface area contributed by atoms with Crippen LogP contribution in [0.5, 0.6) is 0 Å². The Bertz CT molecular complexity index is 538. The Hall–Kier alpha value is -1.39. The molecule has 1 saturated heterocycles. The Morgan fingerprint density at radius 3 is 2.50 bits per heavy atom. The van der Waals surface area contributed by atoms with Crippen LogP contribution in [0, 0.1) is 5.41 Å². The molecule has 0 bridgehead atoms. The van der Waals surface area contributed by atoms with Crippen LogP contribution in [-0.2, 0) is 11.3 Å². The summed E-state index contributed by atoms with van der Waals surface area (Å²) in [4.78, 5) is 17.1. The highest BCUT2D eigenvalue weighted by atomic mass is 16.2. The maximum Gasteiger partial charge on any atom is 0.240 e. The normalized spacial score (nSPS) is 23.8. The maximum absolute atomic E-state index is 12.7. The fourth-order valence-electron chi connectivity index (χ4n) is 3.37. The standard InChI is InChI=1S/C20H33N3O/c1-15-13-17(22(5)19(24)18(21)20(2,3)4)11-12-23(15)14-16-9-7-6-8-10-16/h6-10,15,17-18H,11-14,21H2,1-5H3/t15-,17-,18+/m0/s1. The van der Waals surface area contributed by atoms with Gasteiger partial charge in [-0.2, -0.15) is 0 Å². The third kappa shape index (κ3) is 4.58. The summed E-state index contributed by atoms with van der Waals surface area (Å²) in [5, 5.41) is 0. The van der Waals surface area contributed by atoms with Crippen molar-refractivity contribution in [2.24, 2.45) is 11.1 Å². The molecular weight excluding hydrogens is 298 g/mol. The van der Waals surface area contributed by atoms with E-state index in [4.69, 9.17) is 5.73 Å². The molecule has 0 unspecified atom stereocenters. The molecule has 0 saturated carbocycles. The van der Waals surface area contributed by atoms with Gasteiger partial charge in [0.2, 0.25) is 5.91 Å². The number of nitrogens with zero attached hydrogens (tertiary/aromatic N) is 2. The molecule has 1 fully saturated rings. The van der Waals surface area contributed by atoms with Gasteiger partial charge >= 0.3 is 0 Å². The molecule has 1 aliphatic heterocycles. The topological polar surface area (TPSA) is 49.6 Å². The third-order valence-corrected chi connectivity index (χ3v) is 5.31. The molecule has 0 radical (unpaired) electrons. The summed E-state index contributed by atoms with van der Waals surface area (Å²) in [7, 11) is 1.91. The number of rotatable bonds is 4. The first-order valence-corrected chi connectivity index (χ1v) is 9.00. The van der Waals surface area contributed by atoms with Gasteiger partial charge in [-0.1, -0.05) is 51.1 Å². The van der Waals surface area contributed by atoms with E-state index in [1.807, 2.05) is 32.7 Å². The van der Waals surface area contributed by atoms with Crippen molar-refractivity contribution in [1.29, 1.82) is 0 Å². The second kappa shape index (κ2) is 7.66. The van der Waals surface area contributed by atoms with Crippen LogP contribution in [0.25, 0.3) is 0 Å². The predicted octanol–water partition coefficient (Wildman–Crippen LogP) is 2.87. The summed E-state index contributed by atoms with van der Waals surface area (Å²) >= 11 is 0. The number of hydrogen-bond acceptors (Lipinski definition) is 3. The number of hydrogen-bond donors (Lipinski definition) is 1. The summed E-state index contributed by atoms with van der Waals surface area (Å²) in [6.07, 6.45) is 2.02. The van der Waals surface area contributed by atoms with Crippen molar-refractivity contribution >= 4 is 5.91 Å². The Labute approximate surface area is 147 Å². The number of nitrogens with two attached hydrogens (primary N) is 1. The minimum atomic E-state index is -0.444. The van der Waals surface area contributed by atoms with Gasteiger partial charge in [-0.25, -0.2) is 0 Å². The summed E-state index contributed by atoms with van der Waals surface area (Å²) in [5.41, 5.74) is 7.31. The van der Waals surface area contributed by atoms with Crippen LogP contribution in [0.3, 0.4) is 0 Å². The van der Waals surface area contributed by atoms with Gasteiger partial charge in [-0.3, -0.25) is 9.69 Å². The monoisotopic (exact) mass is 331 g/mol. The van der Waals surface area contributed by atoms with Gasteiger partial charge in [0.15, 0.2) is 0 Å². The Morgan fingerprint density at radius 1 is 1.33 bits per heavy atom. The summed E-state index contributed by atoms with van der Waals surface area (Å²) in [6.45, 7) is 10.3. The molecule has 1 aliphatic rings. The number of benzene rings is 1. The lowest BCUT2D eigenvalue weighted by Gasteiger charge is -2.42. The number of carbonyl (C=O) groups excluding carboxylic acids is 1. The third-order valence-electron chi connectivity index (χ3n) is 5.31. The largest absolute Gasteiger partial charge is 0.341 e. The van der Waals surface area contributed by atoms with Crippen molar-refractivity contribution < 1.29 is 4.79 Å². The smallest absolute Gasteiger partial charge is 0.240 e. The van der Waals surface area contributed by atoms with E-state index in [9.17, 15) is 4.79 Å². The molecule has 2 N–H and O–H groups in total. The number of likely N-dealkylation sites (tertiary alicyclic amines) is 1. The van der Waals surface area contributed by atoms with E-state index in [1.54, 1.807) is 0 Å². The molecule has 24 heavy (non-hydrogen) atoms. The Kier molecular flexibility index (Phi) is 6.05. The minimum absolute atomic E-state index is 0.0659. The molecule has 1 amide bonds. The molecule has 4 nitrogen and oxygen atoms in total. The zero-order valence-corrected chi connectivity index (χ0v) is 15.8. The lowest BCUT2D eigenvalue weighted by Crippen LogP contribution is -2.55. The van der Waals surface area contributed by atoms with E-state index in [0.717, 1.165) is 25.9 Å². The number of amides is 1. The maximum atomic E-state index is 12.7. The number of likely N-dealkylation sites (N-methyl/N-ethyl adjacent to an activating group) is 1. The second-order valence-electron chi connectivity index (χ2n) is 8.28. The number of piperidine rings is 1. The van der Waals surface area contributed by atoms with E-state index in [0.29, 0.717) is 6.04 Å². The molecule has 3 atom stereocenters. The van der Waals surface area contributed by atoms with Crippen LogP contribution in [0.2, 0.25) is 0 Å². The lowest BCUT2D eigenvalue weighted by molar-refractivity contribution is -0.137. The number of carbonyl (C=O) groups is 1. The molecule has 4 heteroatoms. The average molecular weight is 332 g/mol. The predicted molar refractivity (Wildman–Crippen MR) is 99.5 cm³/mol. The Balaban J connectivity index is 1.93. The molecule has 1 aromatic carbocycles. The lowest BCUT2D eigenvalue weighted by atomic mass is 9.86. The highest BCUT2D eigenvalue weighted by Gasteiger charge is 2.35. The van der Waals surface area contributed by atoms with Crippen LogP contribution in [0.1, 0.15) is 46.1 Å². The average Bonchev–Trinajstić information content (AvgIpc) is 2.54. The Morgan fingerprint density at radius 2 is 1.96 bits per heavy atom. The van der Waals surface area contributed by atoms with Crippen molar-refractivity contribution in [1.82, 2.24) is 9.80 Å². The van der Waals surface area contributed by atoms with Crippen LogP contribution >= 0.6 is 0 Å². The highest BCUT2D eigenvalue weighted by Crippen LogP contribution is 2.25. The van der Waals surface area contributed by atoms with E-state index in [1.165, 1.54) is 5.56 Å². The van der Waals surface area contributed by atoms with Gasteiger partial charge in [0.25, 0.3) is 0 Å². The first kappa shape index (κ1) is 18.9. The van der Waals surface area contributed by atoms with Gasteiger partial charge in [0, 0.05) is 32.2 Å². The minimum Gasteiger partial charge on any atom is -0.341 e. The van der Waals surface area contributed by atoms with Crippen LogP contribution < -0.4 is 5.73 Å². The zero-order chi connectivity index (χ0) is 17.9. The van der Waals surface area contributed by atoms with Gasteiger partial charge in [-0.05, 0) is 30.7 Å². The second-order valence-corrected chi connectivity index (χ2v) is 8.28. The molecule has 0 spiro atoms. The van der Waals surface area contributed by atoms with Crippen molar-refractivity contribution in [3.63, 3.8) is 0 Å². The van der Waals surface area contributed by atoms with Crippen molar-refractivity contribution in [3.05, 3.63) is 35.9 Å². The molecule has 0 aromatic heterocycles. The molecule has 2 rings (SSSR count). The molecule has 1 heterocycles. The molecular formula is C20H33N3O. The molecule has 0 aliphatic carbocycles. The van der Waals surface area contributed by atoms with E-state index in [-0.39, 0.29) is 17.4 Å². The van der Waals surface area contributed by atoms with Gasteiger partial charge in [-0.15, -0.1) is 0 Å². The SMILES string of the molecule is C[C@H]1C[C@@H](N(C)C(=O)[C@@H](N)C(C)(C)C)CCN1Cc1ccccc1.